The van der Waals surface area contributed by atoms with Crippen LogP contribution in [0.1, 0.15) is 16.8 Å². The van der Waals surface area contributed by atoms with Crippen molar-refractivity contribution in [2.75, 3.05) is 20.8 Å². The highest BCUT2D eigenvalue weighted by atomic mass is 16.5. The van der Waals surface area contributed by atoms with Gasteiger partial charge in [-0.2, -0.15) is 0 Å². The number of carbonyl (C=O) groups excluding carboxylic acids is 1. The molecule has 1 aliphatic rings. The Labute approximate surface area is 135 Å². The molecule has 0 radical (unpaired) electrons. The van der Waals surface area contributed by atoms with Crippen LogP contribution in [0, 0.1) is 0 Å². The van der Waals surface area contributed by atoms with Crippen LogP contribution in [-0.4, -0.2) is 36.6 Å². The SMILES string of the molecule is COc1cc2c(cc1OC)CN(C(=O)Cc1ccccn1)CC2. The average molecular weight is 312 g/mol. The lowest BCUT2D eigenvalue weighted by atomic mass is 9.98. The molecule has 0 spiro atoms. The van der Waals surface area contributed by atoms with Gasteiger partial charge in [-0.3, -0.25) is 9.78 Å². The molecule has 0 saturated carbocycles. The van der Waals surface area contributed by atoms with E-state index in [0.717, 1.165) is 23.4 Å². The fraction of sp³-hybridized carbons (Fsp3) is 0.333. The number of ether oxygens (including phenoxy) is 2. The third kappa shape index (κ3) is 3.28. The van der Waals surface area contributed by atoms with Crippen molar-refractivity contribution < 1.29 is 14.3 Å². The normalized spacial score (nSPS) is 13.4. The third-order valence-corrected chi connectivity index (χ3v) is 4.13. The molecule has 23 heavy (non-hydrogen) atoms. The summed E-state index contributed by atoms with van der Waals surface area (Å²) in [7, 11) is 3.26. The van der Waals surface area contributed by atoms with Crippen LogP contribution in [0.25, 0.3) is 0 Å². The predicted molar refractivity (Wildman–Crippen MR) is 86.6 cm³/mol. The first-order valence-electron chi connectivity index (χ1n) is 7.62. The van der Waals surface area contributed by atoms with Crippen molar-refractivity contribution in [3.05, 3.63) is 53.3 Å². The van der Waals surface area contributed by atoms with Crippen molar-refractivity contribution in [3.8, 4) is 11.5 Å². The Morgan fingerprint density at radius 1 is 1.17 bits per heavy atom. The van der Waals surface area contributed by atoms with Crippen molar-refractivity contribution in [2.45, 2.75) is 19.4 Å². The highest BCUT2D eigenvalue weighted by molar-refractivity contribution is 5.78. The second-order valence-electron chi connectivity index (χ2n) is 5.54. The van der Waals surface area contributed by atoms with Gasteiger partial charge in [-0.15, -0.1) is 0 Å². The first kappa shape index (κ1) is 15.3. The van der Waals surface area contributed by atoms with E-state index in [2.05, 4.69) is 4.98 Å². The topological polar surface area (TPSA) is 51.7 Å². The van der Waals surface area contributed by atoms with Gasteiger partial charge in [-0.1, -0.05) is 6.07 Å². The molecule has 2 heterocycles. The highest BCUT2D eigenvalue weighted by Gasteiger charge is 2.23. The quantitative estimate of drug-likeness (QED) is 0.869. The zero-order chi connectivity index (χ0) is 16.2. The summed E-state index contributed by atoms with van der Waals surface area (Å²) in [5, 5.41) is 0. The van der Waals surface area contributed by atoms with Crippen LogP contribution in [0.5, 0.6) is 11.5 Å². The lowest BCUT2D eigenvalue weighted by molar-refractivity contribution is -0.131. The number of aromatic nitrogens is 1. The molecule has 0 atom stereocenters. The number of pyridine rings is 1. The molecule has 1 aromatic heterocycles. The highest BCUT2D eigenvalue weighted by Crippen LogP contribution is 2.33. The van der Waals surface area contributed by atoms with Crippen molar-refractivity contribution in [1.82, 2.24) is 9.88 Å². The van der Waals surface area contributed by atoms with Crippen molar-refractivity contribution in [3.63, 3.8) is 0 Å². The van der Waals surface area contributed by atoms with E-state index in [-0.39, 0.29) is 5.91 Å². The van der Waals surface area contributed by atoms with Gasteiger partial charge in [0.25, 0.3) is 0 Å². The summed E-state index contributed by atoms with van der Waals surface area (Å²) in [6, 6.07) is 9.61. The zero-order valence-electron chi connectivity index (χ0n) is 13.4. The number of hydrogen-bond donors (Lipinski definition) is 0. The summed E-state index contributed by atoms with van der Waals surface area (Å²) in [6.07, 6.45) is 2.87. The van der Waals surface area contributed by atoms with E-state index in [0.29, 0.717) is 25.3 Å². The smallest absolute Gasteiger partial charge is 0.228 e. The van der Waals surface area contributed by atoms with E-state index in [1.807, 2.05) is 35.2 Å². The summed E-state index contributed by atoms with van der Waals surface area (Å²) in [4.78, 5) is 18.6. The number of nitrogens with zero attached hydrogens (tertiary/aromatic N) is 2. The second kappa shape index (κ2) is 6.69. The van der Waals surface area contributed by atoms with Crippen LogP contribution in [0.2, 0.25) is 0 Å². The van der Waals surface area contributed by atoms with Crippen LogP contribution in [-0.2, 0) is 24.2 Å². The molecule has 1 aliphatic heterocycles. The van der Waals surface area contributed by atoms with Gasteiger partial charge < -0.3 is 14.4 Å². The molecule has 0 N–H and O–H groups in total. The van der Waals surface area contributed by atoms with E-state index in [1.54, 1.807) is 20.4 Å². The van der Waals surface area contributed by atoms with Gasteiger partial charge in [0.05, 0.1) is 20.6 Å². The molecule has 120 valence electrons. The van der Waals surface area contributed by atoms with Gasteiger partial charge in [0, 0.05) is 25.0 Å². The molecule has 2 aromatic rings. The standard InChI is InChI=1S/C18H20N2O3/c1-22-16-9-13-6-8-20(12-14(13)10-17(16)23-2)18(21)11-15-5-3-4-7-19-15/h3-5,7,9-10H,6,8,11-12H2,1-2H3. The minimum absolute atomic E-state index is 0.101. The molecular formula is C18H20N2O3. The summed E-state index contributed by atoms with van der Waals surface area (Å²) >= 11 is 0. The number of rotatable bonds is 4. The van der Waals surface area contributed by atoms with Crippen LogP contribution in [0.15, 0.2) is 36.5 Å². The molecular weight excluding hydrogens is 292 g/mol. The van der Waals surface area contributed by atoms with E-state index < -0.39 is 0 Å². The maximum atomic E-state index is 12.5. The van der Waals surface area contributed by atoms with Crippen molar-refractivity contribution in [2.24, 2.45) is 0 Å². The molecule has 1 amide bonds. The predicted octanol–water partition coefficient (Wildman–Crippen LogP) is 2.23. The third-order valence-electron chi connectivity index (χ3n) is 4.13. The Morgan fingerprint density at radius 2 is 1.91 bits per heavy atom. The number of benzene rings is 1. The van der Waals surface area contributed by atoms with Crippen LogP contribution >= 0.6 is 0 Å². The van der Waals surface area contributed by atoms with Crippen molar-refractivity contribution >= 4 is 5.91 Å². The minimum Gasteiger partial charge on any atom is -0.493 e. The van der Waals surface area contributed by atoms with Gasteiger partial charge in [-0.25, -0.2) is 0 Å². The van der Waals surface area contributed by atoms with Gasteiger partial charge in [-0.05, 0) is 41.8 Å². The van der Waals surface area contributed by atoms with E-state index >= 15 is 0 Å². The molecule has 1 aromatic carbocycles. The van der Waals surface area contributed by atoms with E-state index in [1.165, 1.54) is 5.56 Å². The fourth-order valence-electron chi connectivity index (χ4n) is 2.87. The van der Waals surface area contributed by atoms with Crippen LogP contribution in [0.3, 0.4) is 0 Å². The maximum Gasteiger partial charge on any atom is 0.228 e. The lowest BCUT2D eigenvalue weighted by Crippen LogP contribution is -2.37. The molecule has 5 nitrogen and oxygen atoms in total. The number of hydrogen-bond acceptors (Lipinski definition) is 4. The molecule has 0 aliphatic carbocycles. The molecule has 0 unspecified atom stereocenters. The van der Waals surface area contributed by atoms with Gasteiger partial charge in [0.1, 0.15) is 0 Å². The summed E-state index contributed by atoms with van der Waals surface area (Å²) in [5.41, 5.74) is 3.13. The molecule has 0 fully saturated rings. The van der Waals surface area contributed by atoms with Crippen LogP contribution < -0.4 is 9.47 Å². The number of carbonyl (C=O) groups is 1. The monoisotopic (exact) mass is 312 g/mol. The van der Waals surface area contributed by atoms with Crippen LogP contribution in [0.4, 0.5) is 0 Å². The Hall–Kier alpha value is -2.56. The Balaban J connectivity index is 1.75. The number of fused-ring (bicyclic) bond motifs is 1. The summed E-state index contributed by atoms with van der Waals surface area (Å²) in [5.74, 6) is 1.54. The lowest BCUT2D eigenvalue weighted by Gasteiger charge is -2.29. The molecule has 0 bridgehead atoms. The minimum atomic E-state index is 0.101. The zero-order valence-corrected chi connectivity index (χ0v) is 13.4. The largest absolute Gasteiger partial charge is 0.493 e. The summed E-state index contributed by atoms with van der Waals surface area (Å²) in [6.45, 7) is 1.31. The number of amides is 1. The first-order chi connectivity index (χ1) is 11.2. The first-order valence-corrected chi connectivity index (χ1v) is 7.62. The van der Waals surface area contributed by atoms with Gasteiger partial charge in [0.2, 0.25) is 5.91 Å². The van der Waals surface area contributed by atoms with E-state index in [9.17, 15) is 4.79 Å². The fourth-order valence-corrected chi connectivity index (χ4v) is 2.87. The van der Waals surface area contributed by atoms with Gasteiger partial charge in [0.15, 0.2) is 11.5 Å². The Bertz CT molecular complexity index is 701. The number of methoxy groups -OCH3 is 2. The van der Waals surface area contributed by atoms with Crippen molar-refractivity contribution in [1.29, 1.82) is 0 Å². The van der Waals surface area contributed by atoms with E-state index in [4.69, 9.17) is 9.47 Å². The molecule has 3 rings (SSSR count). The Morgan fingerprint density at radius 3 is 2.57 bits per heavy atom. The average Bonchev–Trinajstić information content (AvgIpc) is 2.60. The second-order valence-corrected chi connectivity index (χ2v) is 5.54. The molecule has 5 heteroatoms. The maximum absolute atomic E-state index is 12.5. The summed E-state index contributed by atoms with van der Waals surface area (Å²) < 4.78 is 10.7. The molecule has 0 saturated heterocycles. The Kier molecular flexibility index (Phi) is 4.46. The van der Waals surface area contributed by atoms with Gasteiger partial charge >= 0.3 is 0 Å².